The summed E-state index contributed by atoms with van der Waals surface area (Å²) < 4.78 is 67.8. The first kappa shape index (κ1) is 18.8. The van der Waals surface area contributed by atoms with E-state index in [-0.39, 0.29) is 17.2 Å². The fraction of sp³-hybridized carbons (Fsp3) is 0.188. The molecule has 9 heteroatoms. The monoisotopic (exact) mass is 373 g/mol. The second-order valence-corrected chi connectivity index (χ2v) is 6.50. The molecule has 0 atom stereocenters. The van der Waals surface area contributed by atoms with Crippen molar-refractivity contribution < 1.29 is 30.6 Å². The number of anilines is 1. The Kier molecular flexibility index (Phi) is 5.36. The number of rotatable bonds is 5. The molecule has 0 heterocycles. The fourth-order valence-corrected chi connectivity index (χ4v) is 2.84. The topological polar surface area (TPSA) is 72.5 Å². The van der Waals surface area contributed by atoms with E-state index < -0.39 is 27.6 Å². The maximum absolute atomic E-state index is 12.9. The van der Waals surface area contributed by atoms with Gasteiger partial charge in [0, 0.05) is 12.1 Å². The van der Waals surface area contributed by atoms with Crippen LogP contribution in [0.5, 0.6) is 5.75 Å². The maximum atomic E-state index is 12.9. The Morgan fingerprint density at radius 1 is 1.08 bits per heavy atom. The van der Waals surface area contributed by atoms with Crippen LogP contribution in [-0.2, 0) is 21.1 Å². The first-order valence-electron chi connectivity index (χ1n) is 7.14. The summed E-state index contributed by atoms with van der Waals surface area (Å²) in [6.07, 6.45) is -4.50. The molecule has 0 aliphatic carbocycles. The molecule has 0 spiro atoms. The average molecular weight is 373 g/mol. The molecule has 5 nitrogen and oxygen atoms in total. The van der Waals surface area contributed by atoms with Crippen LogP contribution in [-0.4, -0.2) is 14.3 Å². The van der Waals surface area contributed by atoms with E-state index in [2.05, 4.69) is 9.50 Å². The summed E-state index contributed by atoms with van der Waals surface area (Å²) in [6, 6.07) is 8.94. The van der Waals surface area contributed by atoms with E-state index in [1.807, 2.05) is 0 Å². The molecule has 1 amide bonds. The maximum Gasteiger partial charge on any atom is 0.420 e. The second-order valence-electron chi connectivity index (χ2n) is 4.96. The number of amides is 1. The lowest BCUT2D eigenvalue weighted by Crippen LogP contribution is -2.14. The zero-order chi connectivity index (χ0) is 18.7. The molecule has 2 aromatic rings. The molecular weight excluding hydrogens is 359 g/mol. The fourth-order valence-electron chi connectivity index (χ4n) is 1.89. The highest BCUT2D eigenvalue weighted by Gasteiger charge is 2.35. The lowest BCUT2D eigenvalue weighted by molar-refractivity contribution is -0.138. The van der Waals surface area contributed by atoms with Crippen LogP contribution in [0, 0.1) is 0 Å². The van der Waals surface area contributed by atoms with Gasteiger partial charge < -0.3 is 9.50 Å². The van der Waals surface area contributed by atoms with Crippen LogP contribution in [0.25, 0.3) is 0 Å². The molecule has 0 aliphatic rings. The van der Waals surface area contributed by atoms with E-state index in [1.54, 1.807) is 6.92 Å². The Labute approximate surface area is 142 Å². The molecule has 0 saturated carbocycles. The molecule has 134 valence electrons. The summed E-state index contributed by atoms with van der Waals surface area (Å²) in [5, 5.41) is 2.53. The molecule has 0 aliphatic heterocycles. The molecule has 0 saturated heterocycles. The van der Waals surface area contributed by atoms with Crippen molar-refractivity contribution in [2.45, 2.75) is 24.4 Å². The second kappa shape index (κ2) is 7.14. The zero-order valence-electron chi connectivity index (χ0n) is 13.0. The SMILES string of the molecule is CCC(=O)Nc1ccc(S(=O)(=O)Oc2ccccc2C(F)(F)F)cc1. The molecule has 25 heavy (non-hydrogen) atoms. The summed E-state index contributed by atoms with van der Waals surface area (Å²) in [5.74, 6) is -1.07. The van der Waals surface area contributed by atoms with Crippen LogP contribution in [0.2, 0.25) is 0 Å². The van der Waals surface area contributed by atoms with E-state index >= 15 is 0 Å². The van der Waals surface area contributed by atoms with E-state index in [0.717, 1.165) is 30.3 Å². The Hall–Kier alpha value is -2.55. The molecule has 2 rings (SSSR count). The molecule has 2 aromatic carbocycles. The zero-order valence-corrected chi connectivity index (χ0v) is 13.8. The van der Waals surface area contributed by atoms with Gasteiger partial charge in [-0.15, -0.1) is 0 Å². The van der Waals surface area contributed by atoms with Gasteiger partial charge in [-0.25, -0.2) is 0 Å². The molecule has 0 aromatic heterocycles. The van der Waals surface area contributed by atoms with Crippen molar-refractivity contribution in [1.29, 1.82) is 0 Å². The minimum atomic E-state index is -4.75. The van der Waals surface area contributed by atoms with Crippen molar-refractivity contribution in [3.05, 3.63) is 54.1 Å². The van der Waals surface area contributed by atoms with E-state index in [1.165, 1.54) is 18.2 Å². The Morgan fingerprint density at radius 2 is 1.68 bits per heavy atom. The van der Waals surface area contributed by atoms with Crippen LogP contribution in [0.1, 0.15) is 18.9 Å². The van der Waals surface area contributed by atoms with Gasteiger partial charge in [-0.3, -0.25) is 4.79 Å². The van der Waals surface area contributed by atoms with Crippen molar-refractivity contribution in [1.82, 2.24) is 0 Å². The molecule has 0 unspecified atom stereocenters. The predicted octanol–water partition coefficient (Wildman–Crippen LogP) is 3.82. The summed E-state index contributed by atoms with van der Waals surface area (Å²) in [6.45, 7) is 1.65. The third-order valence-corrected chi connectivity index (χ3v) is 4.39. The summed E-state index contributed by atoms with van der Waals surface area (Å²) in [4.78, 5) is 10.9. The van der Waals surface area contributed by atoms with E-state index in [9.17, 15) is 26.4 Å². The number of benzene rings is 2. The first-order valence-corrected chi connectivity index (χ1v) is 8.55. The number of hydrogen-bond acceptors (Lipinski definition) is 4. The number of para-hydroxylation sites is 1. The van der Waals surface area contributed by atoms with Crippen molar-refractivity contribution >= 4 is 21.7 Å². The van der Waals surface area contributed by atoms with Gasteiger partial charge in [-0.05, 0) is 36.4 Å². The van der Waals surface area contributed by atoms with Gasteiger partial charge in [0.15, 0.2) is 5.75 Å². The lowest BCUT2D eigenvalue weighted by atomic mass is 10.2. The van der Waals surface area contributed by atoms with Crippen LogP contribution in [0.3, 0.4) is 0 Å². The standard InChI is InChI=1S/C16H14F3NO4S/c1-2-15(21)20-11-7-9-12(10-8-11)25(22,23)24-14-6-4-3-5-13(14)16(17,18)19/h3-10H,2H2,1H3,(H,20,21). The van der Waals surface area contributed by atoms with Gasteiger partial charge in [0.1, 0.15) is 4.90 Å². The van der Waals surface area contributed by atoms with Gasteiger partial charge >= 0.3 is 16.3 Å². The van der Waals surface area contributed by atoms with E-state index in [0.29, 0.717) is 5.69 Å². The molecule has 0 fully saturated rings. The number of carbonyl (C=O) groups is 1. The van der Waals surface area contributed by atoms with Crippen LogP contribution >= 0.6 is 0 Å². The number of alkyl halides is 3. The van der Waals surface area contributed by atoms with E-state index in [4.69, 9.17) is 0 Å². The largest absolute Gasteiger partial charge is 0.420 e. The third-order valence-electron chi connectivity index (χ3n) is 3.14. The Bertz CT molecular complexity index is 862. The highest BCUT2D eigenvalue weighted by atomic mass is 32.2. The summed E-state index contributed by atoms with van der Waals surface area (Å²) in [5.41, 5.74) is -0.827. The average Bonchev–Trinajstić information content (AvgIpc) is 2.54. The Balaban J connectivity index is 2.27. The molecular formula is C16H14F3NO4S. The van der Waals surface area contributed by atoms with Crippen LogP contribution < -0.4 is 9.50 Å². The lowest BCUT2D eigenvalue weighted by Gasteiger charge is -2.13. The highest BCUT2D eigenvalue weighted by Crippen LogP contribution is 2.37. The smallest absolute Gasteiger partial charge is 0.378 e. The van der Waals surface area contributed by atoms with Gasteiger partial charge in [-0.2, -0.15) is 21.6 Å². The number of carbonyl (C=O) groups excluding carboxylic acids is 1. The molecule has 1 N–H and O–H groups in total. The minimum absolute atomic E-state index is 0.247. The van der Waals surface area contributed by atoms with Crippen LogP contribution in [0.4, 0.5) is 18.9 Å². The van der Waals surface area contributed by atoms with Crippen LogP contribution in [0.15, 0.2) is 53.4 Å². The number of nitrogens with one attached hydrogen (secondary N) is 1. The van der Waals surface area contributed by atoms with Gasteiger partial charge in [-0.1, -0.05) is 19.1 Å². The van der Waals surface area contributed by atoms with Gasteiger partial charge in [0.25, 0.3) is 0 Å². The predicted molar refractivity (Wildman–Crippen MR) is 84.6 cm³/mol. The van der Waals surface area contributed by atoms with Gasteiger partial charge in [0.05, 0.1) is 5.56 Å². The molecule has 0 bridgehead atoms. The number of hydrogen-bond donors (Lipinski definition) is 1. The normalized spacial score (nSPS) is 11.8. The summed E-state index contributed by atoms with van der Waals surface area (Å²) in [7, 11) is -4.46. The first-order chi connectivity index (χ1) is 11.6. The highest BCUT2D eigenvalue weighted by molar-refractivity contribution is 7.87. The van der Waals surface area contributed by atoms with Crippen molar-refractivity contribution in [3.63, 3.8) is 0 Å². The molecule has 0 radical (unpaired) electrons. The Morgan fingerprint density at radius 3 is 2.24 bits per heavy atom. The van der Waals surface area contributed by atoms with Crippen molar-refractivity contribution in [2.75, 3.05) is 5.32 Å². The number of halogens is 3. The third kappa shape index (κ3) is 4.72. The summed E-state index contributed by atoms with van der Waals surface area (Å²) >= 11 is 0. The van der Waals surface area contributed by atoms with Crippen molar-refractivity contribution in [2.24, 2.45) is 0 Å². The minimum Gasteiger partial charge on any atom is -0.378 e. The van der Waals surface area contributed by atoms with Gasteiger partial charge in [0.2, 0.25) is 5.91 Å². The quantitative estimate of drug-likeness (QED) is 0.809. The van der Waals surface area contributed by atoms with Crippen molar-refractivity contribution in [3.8, 4) is 5.75 Å².